The second kappa shape index (κ2) is 5.24. The number of aromatic nitrogens is 2. The Morgan fingerprint density at radius 1 is 1.40 bits per heavy atom. The highest BCUT2D eigenvalue weighted by Crippen LogP contribution is 2.31. The molecule has 0 aliphatic heterocycles. The molecule has 0 bridgehead atoms. The maximum atomic E-state index is 12.0. The van der Waals surface area contributed by atoms with E-state index in [4.69, 9.17) is 5.11 Å². The SMILES string of the molecule is CC(C)c1nn(C)c2sc(C(=O)N[C@@H](C)C(=O)O)cc12. The number of aliphatic carboxylic acids is 1. The predicted octanol–water partition coefficient (Wildman–Crippen LogP) is 1.96. The van der Waals surface area contributed by atoms with Crippen LogP contribution in [0.3, 0.4) is 0 Å². The standard InChI is InChI=1S/C13H17N3O3S/c1-6(2)10-8-5-9(20-12(8)16(4)15-10)11(17)14-7(3)13(18)19/h5-7H,1-4H3,(H,14,17)(H,18,19)/t7-/m0/s1. The highest BCUT2D eigenvalue weighted by Gasteiger charge is 2.20. The van der Waals surface area contributed by atoms with Gasteiger partial charge in [-0.3, -0.25) is 14.3 Å². The molecular weight excluding hydrogens is 278 g/mol. The third kappa shape index (κ3) is 2.53. The maximum Gasteiger partial charge on any atom is 0.325 e. The summed E-state index contributed by atoms with van der Waals surface area (Å²) in [4.78, 5) is 24.2. The van der Waals surface area contributed by atoms with Crippen LogP contribution in [0.2, 0.25) is 0 Å². The fourth-order valence-corrected chi connectivity index (χ4v) is 2.92. The average Bonchev–Trinajstić information content (AvgIpc) is 2.90. The number of amides is 1. The predicted molar refractivity (Wildman–Crippen MR) is 77.2 cm³/mol. The molecule has 0 unspecified atom stereocenters. The largest absolute Gasteiger partial charge is 0.480 e. The molecule has 2 heterocycles. The van der Waals surface area contributed by atoms with Gasteiger partial charge in [0.2, 0.25) is 0 Å². The number of rotatable bonds is 4. The first-order valence-corrected chi connectivity index (χ1v) is 7.13. The van der Waals surface area contributed by atoms with Gasteiger partial charge >= 0.3 is 5.97 Å². The highest BCUT2D eigenvalue weighted by atomic mass is 32.1. The smallest absolute Gasteiger partial charge is 0.325 e. The number of fused-ring (bicyclic) bond motifs is 1. The van der Waals surface area contributed by atoms with E-state index in [2.05, 4.69) is 10.4 Å². The van der Waals surface area contributed by atoms with Crippen molar-refractivity contribution in [1.82, 2.24) is 15.1 Å². The zero-order chi connectivity index (χ0) is 15.0. The Hall–Kier alpha value is -1.89. The van der Waals surface area contributed by atoms with E-state index in [1.807, 2.05) is 20.9 Å². The normalized spacial score (nSPS) is 12.8. The summed E-state index contributed by atoms with van der Waals surface area (Å²) in [6.45, 7) is 5.53. The summed E-state index contributed by atoms with van der Waals surface area (Å²) >= 11 is 1.32. The van der Waals surface area contributed by atoms with Crippen LogP contribution < -0.4 is 5.32 Å². The minimum absolute atomic E-state index is 0.266. The van der Waals surface area contributed by atoms with Crippen molar-refractivity contribution in [3.05, 3.63) is 16.6 Å². The molecule has 2 rings (SSSR count). The number of nitrogens with zero attached hydrogens (tertiary/aromatic N) is 2. The molecule has 0 spiro atoms. The van der Waals surface area contributed by atoms with Gasteiger partial charge in [0.1, 0.15) is 10.9 Å². The second-order valence-corrected chi connectivity index (χ2v) is 6.06. The summed E-state index contributed by atoms with van der Waals surface area (Å²) < 4.78 is 1.76. The summed E-state index contributed by atoms with van der Waals surface area (Å²) in [5.41, 5.74) is 0.948. The van der Waals surface area contributed by atoms with Crippen LogP contribution in [-0.4, -0.2) is 32.8 Å². The number of carbonyl (C=O) groups excluding carboxylic acids is 1. The van der Waals surface area contributed by atoms with E-state index in [-0.39, 0.29) is 11.8 Å². The molecule has 0 saturated heterocycles. The third-order valence-corrected chi connectivity index (χ3v) is 4.23. The highest BCUT2D eigenvalue weighted by molar-refractivity contribution is 7.20. The van der Waals surface area contributed by atoms with Gasteiger partial charge in [0.25, 0.3) is 5.91 Å². The van der Waals surface area contributed by atoms with Gasteiger partial charge in [-0.15, -0.1) is 11.3 Å². The lowest BCUT2D eigenvalue weighted by Gasteiger charge is -2.07. The number of carboxylic acid groups (broad SMARTS) is 1. The monoisotopic (exact) mass is 295 g/mol. The Kier molecular flexibility index (Phi) is 3.80. The average molecular weight is 295 g/mol. The zero-order valence-electron chi connectivity index (χ0n) is 11.8. The third-order valence-electron chi connectivity index (χ3n) is 3.03. The summed E-state index contributed by atoms with van der Waals surface area (Å²) in [6, 6.07) is 0.877. The van der Waals surface area contributed by atoms with Crippen molar-refractivity contribution in [3.63, 3.8) is 0 Å². The second-order valence-electron chi connectivity index (χ2n) is 5.03. The van der Waals surface area contributed by atoms with Gasteiger partial charge in [-0.25, -0.2) is 0 Å². The first-order valence-electron chi connectivity index (χ1n) is 6.31. The lowest BCUT2D eigenvalue weighted by Crippen LogP contribution is -2.37. The molecule has 2 aromatic heterocycles. The van der Waals surface area contributed by atoms with Crippen LogP contribution in [0.4, 0.5) is 0 Å². The number of hydrogen-bond donors (Lipinski definition) is 2. The van der Waals surface area contributed by atoms with Crippen molar-refractivity contribution in [2.75, 3.05) is 0 Å². The fourth-order valence-electron chi connectivity index (χ4n) is 1.93. The molecule has 2 aromatic rings. The first kappa shape index (κ1) is 14.5. The van der Waals surface area contributed by atoms with Crippen molar-refractivity contribution in [2.45, 2.75) is 32.7 Å². The van der Waals surface area contributed by atoms with Gasteiger partial charge in [0.15, 0.2) is 0 Å². The number of nitrogens with one attached hydrogen (secondary N) is 1. The van der Waals surface area contributed by atoms with Gasteiger partial charge in [-0.2, -0.15) is 5.10 Å². The van der Waals surface area contributed by atoms with Crippen molar-refractivity contribution in [2.24, 2.45) is 7.05 Å². The lowest BCUT2D eigenvalue weighted by atomic mass is 10.1. The fraction of sp³-hybridized carbons (Fsp3) is 0.462. The minimum atomic E-state index is -1.05. The van der Waals surface area contributed by atoms with Gasteiger partial charge in [0, 0.05) is 12.4 Å². The van der Waals surface area contributed by atoms with Gasteiger partial charge in [-0.1, -0.05) is 13.8 Å². The van der Waals surface area contributed by atoms with Gasteiger partial charge in [-0.05, 0) is 18.9 Å². The topological polar surface area (TPSA) is 84.2 Å². The van der Waals surface area contributed by atoms with Gasteiger partial charge < -0.3 is 10.4 Å². The van der Waals surface area contributed by atoms with Crippen LogP contribution in [0.1, 0.15) is 42.1 Å². The Morgan fingerprint density at radius 2 is 2.05 bits per heavy atom. The van der Waals surface area contributed by atoms with Crippen LogP contribution in [0.25, 0.3) is 10.2 Å². The summed E-state index contributed by atoms with van der Waals surface area (Å²) in [5.74, 6) is -1.15. The number of carboxylic acids is 1. The van der Waals surface area contributed by atoms with E-state index in [1.165, 1.54) is 18.3 Å². The van der Waals surface area contributed by atoms with Crippen molar-refractivity contribution in [1.29, 1.82) is 0 Å². The number of hydrogen-bond acceptors (Lipinski definition) is 4. The zero-order valence-corrected chi connectivity index (χ0v) is 12.6. The maximum absolute atomic E-state index is 12.0. The van der Waals surface area contributed by atoms with Gasteiger partial charge in [0.05, 0.1) is 10.6 Å². The van der Waals surface area contributed by atoms with E-state index in [0.717, 1.165) is 15.9 Å². The Bertz CT molecular complexity index is 672. The van der Waals surface area contributed by atoms with Crippen molar-refractivity contribution < 1.29 is 14.7 Å². The van der Waals surface area contributed by atoms with E-state index < -0.39 is 12.0 Å². The molecule has 0 aliphatic rings. The molecule has 0 radical (unpaired) electrons. The molecule has 1 atom stereocenters. The van der Waals surface area contributed by atoms with Crippen molar-refractivity contribution >= 4 is 33.4 Å². The van der Waals surface area contributed by atoms with Crippen LogP contribution in [-0.2, 0) is 11.8 Å². The number of thiophene rings is 1. The summed E-state index contributed by atoms with van der Waals surface area (Å²) in [7, 11) is 1.84. The van der Waals surface area contributed by atoms with E-state index in [1.54, 1.807) is 10.7 Å². The molecule has 108 valence electrons. The minimum Gasteiger partial charge on any atom is -0.480 e. The lowest BCUT2D eigenvalue weighted by molar-refractivity contribution is -0.138. The van der Waals surface area contributed by atoms with Crippen LogP contribution in [0.5, 0.6) is 0 Å². The molecule has 0 fully saturated rings. The van der Waals surface area contributed by atoms with E-state index in [0.29, 0.717) is 4.88 Å². The molecule has 0 saturated carbocycles. The molecule has 1 amide bonds. The molecule has 6 nitrogen and oxygen atoms in total. The van der Waals surface area contributed by atoms with E-state index in [9.17, 15) is 9.59 Å². The summed E-state index contributed by atoms with van der Waals surface area (Å²) in [5, 5.41) is 16.7. The molecule has 2 N–H and O–H groups in total. The Balaban J connectivity index is 2.35. The molecule has 0 aliphatic carbocycles. The van der Waals surface area contributed by atoms with E-state index >= 15 is 0 Å². The molecule has 20 heavy (non-hydrogen) atoms. The molecule has 0 aromatic carbocycles. The summed E-state index contributed by atoms with van der Waals surface area (Å²) in [6.07, 6.45) is 0. The van der Waals surface area contributed by atoms with Crippen LogP contribution in [0.15, 0.2) is 6.07 Å². The Morgan fingerprint density at radius 3 is 2.60 bits per heavy atom. The number of aryl methyl sites for hydroxylation is 1. The molecular formula is C13H17N3O3S. The first-order chi connectivity index (χ1) is 9.31. The molecule has 7 heteroatoms. The number of carbonyl (C=O) groups is 2. The van der Waals surface area contributed by atoms with Crippen molar-refractivity contribution in [3.8, 4) is 0 Å². The van der Waals surface area contributed by atoms with Crippen LogP contribution in [0, 0.1) is 0 Å². The van der Waals surface area contributed by atoms with Crippen LogP contribution >= 0.6 is 11.3 Å². The Labute approximate surface area is 120 Å². The quantitative estimate of drug-likeness (QED) is 0.903.